The average Bonchev–Trinajstić information content (AvgIpc) is 3.22. The lowest BCUT2D eigenvalue weighted by Gasteiger charge is -2.26. The first-order chi connectivity index (χ1) is 10.9. The van der Waals surface area contributed by atoms with Gasteiger partial charge in [-0.1, -0.05) is 0 Å². The summed E-state index contributed by atoms with van der Waals surface area (Å²) in [4.78, 5) is 6.99. The highest BCUT2D eigenvalue weighted by atomic mass is 32.1. The van der Waals surface area contributed by atoms with Gasteiger partial charge < -0.3 is 15.7 Å². The van der Waals surface area contributed by atoms with Crippen LogP contribution in [0.4, 0.5) is 0 Å². The summed E-state index contributed by atoms with van der Waals surface area (Å²) in [6, 6.07) is 3.17. The van der Waals surface area contributed by atoms with E-state index in [2.05, 4.69) is 34.5 Å². The Morgan fingerprint density at radius 2 is 2.26 bits per heavy atom. The van der Waals surface area contributed by atoms with Gasteiger partial charge in [0.25, 0.3) is 0 Å². The number of hydrogen-bond acceptors (Lipinski definition) is 4. The molecule has 1 aliphatic rings. The van der Waals surface area contributed by atoms with E-state index in [1.807, 2.05) is 30.7 Å². The summed E-state index contributed by atoms with van der Waals surface area (Å²) in [5.41, 5.74) is -0.0115. The molecular formula is C17H30N4OS. The number of nitrogens with one attached hydrogen (secondary N) is 2. The van der Waals surface area contributed by atoms with Crippen LogP contribution in [0.2, 0.25) is 0 Å². The quantitative estimate of drug-likeness (QED) is 0.501. The highest BCUT2D eigenvalue weighted by Crippen LogP contribution is 2.26. The molecule has 130 valence electrons. The Morgan fingerprint density at radius 1 is 1.52 bits per heavy atom. The Bertz CT molecular complexity index is 497. The van der Waals surface area contributed by atoms with Crippen LogP contribution in [-0.4, -0.2) is 54.7 Å². The van der Waals surface area contributed by atoms with E-state index < -0.39 is 5.60 Å². The van der Waals surface area contributed by atoms with Gasteiger partial charge in [-0.15, -0.1) is 0 Å². The van der Waals surface area contributed by atoms with Crippen LogP contribution in [0, 0.1) is 0 Å². The van der Waals surface area contributed by atoms with Crippen molar-refractivity contribution in [1.29, 1.82) is 0 Å². The average molecular weight is 339 g/mol. The molecule has 1 fully saturated rings. The van der Waals surface area contributed by atoms with Gasteiger partial charge in [-0.05, 0) is 63.1 Å². The van der Waals surface area contributed by atoms with Gasteiger partial charge in [0.1, 0.15) is 5.60 Å². The molecule has 23 heavy (non-hydrogen) atoms. The van der Waals surface area contributed by atoms with Crippen LogP contribution in [0.15, 0.2) is 21.8 Å². The van der Waals surface area contributed by atoms with Gasteiger partial charge >= 0.3 is 0 Å². The molecule has 2 atom stereocenters. The van der Waals surface area contributed by atoms with Crippen molar-refractivity contribution >= 4 is 17.3 Å². The molecule has 0 saturated heterocycles. The lowest BCUT2D eigenvalue weighted by molar-refractivity contribution is 0.0677. The molecule has 2 rings (SSSR count). The first kappa shape index (κ1) is 18.2. The molecule has 0 aliphatic heterocycles. The molecule has 5 nitrogen and oxygen atoms in total. The molecule has 0 aromatic carbocycles. The molecule has 0 bridgehead atoms. The molecule has 1 heterocycles. The highest BCUT2D eigenvalue weighted by Gasteiger charge is 2.29. The number of guanidine groups is 1. The predicted octanol–water partition coefficient (Wildman–Crippen LogP) is 1.99. The first-order valence-corrected chi connectivity index (χ1v) is 9.37. The minimum Gasteiger partial charge on any atom is -0.383 e. The van der Waals surface area contributed by atoms with Crippen molar-refractivity contribution in [2.24, 2.45) is 4.99 Å². The van der Waals surface area contributed by atoms with Crippen LogP contribution < -0.4 is 10.6 Å². The molecule has 0 amide bonds. The molecule has 1 saturated carbocycles. The maximum Gasteiger partial charge on any atom is 0.191 e. The van der Waals surface area contributed by atoms with Crippen molar-refractivity contribution in [3.05, 3.63) is 22.4 Å². The number of likely N-dealkylation sites (N-methyl/N-ethyl adjacent to an activating group) is 1. The van der Waals surface area contributed by atoms with Crippen LogP contribution in [0.5, 0.6) is 0 Å². The highest BCUT2D eigenvalue weighted by molar-refractivity contribution is 7.08. The molecule has 1 aliphatic carbocycles. The molecule has 0 radical (unpaired) electrons. The molecule has 0 spiro atoms. The number of aliphatic hydroxyl groups is 1. The fraction of sp³-hybridized carbons (Fsp3) is 0.706. The monoisotopic (exact) mass is 338 g/mol. The number of aliphatic imine (C=N–C) groups is 1. The van der Waals surface area contributed by atoms with E-state index in [9.17, 15) is 5.11 Å². The largest absolute Gasteiger partial charge is 0.383 e. The zero-order chi connectivity index (χ0) is 16.9. The molecule has 1 aromatic heterocycles. The molecule has 6 heteroatoms. The number of hydrogen-bond donors (Lipinski definition) is 3. The van der Waals surface area contributed by atoms with Gasteiger partial charge in [0, 0.05) is 25.2 Å². The van der Waals surface area contributed by atoms with E-state index in [1.165, 1.54) is 12.8 Å². The number of rotatable bonds is 8. The van der Waals surface area contributed by atoms with Crippen LogP contribution in [0.25, 0.3) is 0 Å². The van der Waals surface area contributed by atoms with E-state index in [0.29, 0.717) is 12.6 Å². The summed E-state index contributed by atoms with van der Waals surface area (Å²) in [7, 11) is 2.19. The van der Waals surface area contributed by atoms with Crippen molar-refractivity contribution in [3.63, 3.8) is 0 Å². The normalized spacial score (nSPS) is 19.5. The minimum atomic E-state index is -0.932. The van der Waals surface area contributed by atoms with Crippen LogP contribution >= 0.6 is 11.3 Å². The first-order valence-electron chi connectivity index (χ1n) is 8.43. The Labute approximate surface area is 143 Å². The minimum absolute atomic E-state index is 0.339. The van der Waals surface area contributed by atoms with Crippen molar-refractivity contribution < 1.29 is 5.11 Å². The Morgan fingerprint density at radius 3 is 2.83 bits per heavy atom. The zero-order valence-corrected chi connectivity index (χ0v) is 15.5. The lowest BCUT2D eigenvalue weighted by atomic mass is 10.00. The maximum atomic E-state index is 10.6. The van der Waals surface area contributed by atoms with Crippen LogP contribution in [0.3, 0.4) is 0 Å². The van der Waals surface area contributed by atoms with E-state index in [4.69, 9.17) is 0 Å². The van der Waals surface area contributed by atoms with Gasteiger partial charge in [0.15, 0.2) is 5.96 Å². The SMILES string of the molecule is CCNC(=NCC(C)(O)c1ccsc1)NCC(C)N(C)C1CC1. The topological polar surface area (TPSA) is 59.9 Å². The lowest BCUT2D eigenvalue weighted by Crippen LogP contribution is -2.46. The molecular weight excluding hydrogens is 308 g/mol. The van der Waals surface area contributed by atoms with E-state index in [-0.39, 0.29) is 0 Å². The summed E-state index contributed by atoms with van der Waals surface area (Å²) in [6.07, 6.45) is 2.64. The summed E-state index contributed by atoms with van der Waals surface area (Å²) >= 11 is 1.59. The van der Waals surface area contributed by atoms with Crippen molar-refractivity contribution in [1.82, 2.24) is 15.5 Å². The summed E-state index contributed by atoms with van der Waals surface area (Å²) in [5.74, 6) is 0.763. The number of nitrogens with zero attached hydrogens (tertiary/aromatic N) is 2. The standard InChI is InChI=1S/C17H30N4OS/c1-5-18-16(19-10-13(2)21(4)15-6-7-15)20-12-17(3,22)14-8-9-23-11-14/h8-9,11,13,15,22H,5-7,10,12H2,1-4H3,(H2,18,19,20). The Hall–Kier alpha value is -1.11. The summed E-state index contributed by atoms with van der Waals surface area (Å²) in [6.45, 7) is 8.08. The third-order valence-corrected chi connectivity index (χ3v) is 5.10. The van der Waals surface area contributed by atoms with Gasteiger partial charge in [0.2, 0.25) is 0 Å². The second-order valence-corrected chi connectivity index (χ2v) is 7.39. The summed E-state index contributed by atoms with van der Waals surface area (Å²) in [5, 5.41) is 21.2. The molecule has 3 N–H and O–H groups in total. The van der Waals surface area contributed by atoms with Gasteiger partial charge in [0.05, 0.1) is 6.54 Å². The summed E-state index contributed by atoms with van der Waals surface area (Å²) < 4.78 is 0. The second kappa shape index (κ2) is 8.13. The molecule has 1 aromatic rings. The fourth-order valence-corrected chi connectivity index (χ4v) is 3.25. The van der Waals surface area contributed by atoms with Crippen molar-refractivity contribution in [3.8, 4) is 0 Å². The molecule has 2 unspecified atom stereocenters. The van der Waals surface area contributed by atoms with Gasteiger partial charge in [-0.25, -0.2) is 4.99 Å². The zero-order valence-electron chi connectivity index (χ0n) is 14.7. The van der Waals surface area contributed by atoms with Crippen LogP contribution in [-0.2, 0) is 5.60 Å². The van der Waals surface area contributed by atoms with Crippen LogP contribution in [0.1, 0.15) is 39.2 Å². The van der Waals surface area contributed by atoms with Gasteiger partial charge in [-0.3, -0.25) is 4.90 Å². The predicted molar refractivity (Wildman–Crippen MR) is 98.1 cm³/mol. The van der Waals surface area contributed by atoms with Gasteiger partial charge in [-0.2, -0.15) is 11.3 Å². The number of thiophene rings is 1. The van der Waals surface area contributed by atoms with Crippen molar-refractivity contribution in [2.45, 2.75) is 51.3 Å². The second-order valence-electron chi connectivity index (χ2n) is 6.61. The maximum absolute atomic E-state index is 10.6. The smallest absolute Gasteiger partial charge is 0.191 e. The Balaban J connectivity index is 1.89. The van der Waals surface area contributed by atoms with E-state index in [0.717, 1.165) is 30.7 Å². The van der Waals surface area contributed by atoms with E-state index >= 15 is 0 Å². The fourth-order valence-electron chi connectivity index (χ4n) is 2.47. The van der Waals surface area contributed by atoms with Crippen molar-refractivity contribution in [2.75, 3.05) is 26.7 Å². The third-order valence-electron chi connectivity index (χ3n) is 4.42. The third kappa shape index (κ3) is 5.48. The van der Waals surface area contributed by atoms with E-state index in [1.54, 1.807) is 11.3 Å². The Kier molecular flexibility index (Phi) is 6.44.